The fourth-order valence-corrected chi connectivity index (χ4v) is 2.85. The molecule has 4 nitrogen and oxygen atoms in total. The zero-order valence-corrected chi connectivity index (χ0v) is 15.6. The zero-order chi connectivity index (χ0) is 18.9. The number of nitrogens with zero attached hydrogens (tertiary/aromatic N) is 2. The van der Waals surface area contributed by atoms with E-state index in [0.29, 0.717) is 12.2 Å². The standard InChI is InChI=1S/C23H25N3O/c1-2-3-16-24-23(27)22-15-14-21(17-25-22)26(20-12-8-5-9-13-20)18-19-10-6-4-7-11-19/h4-15,17H,2-3,16,18H2,1H3,(H,24,27). The van der Waals surface area contributed by atoms with Gasteiger partial charge in [-0.15, -0.1) is 0 Å². The molecule has 0 saturated carbocycles. The third-order valence-corrected chi connectivity index (χ3v) is 4.36. The van der Waals surface area contributed by atoms with Crippen molar-refractivity contribution in [2.45, 2.75) is 26.3 Å². The lowest BCUT2D eigenvalue weighted by Crippen LogP contribution is -2.25. The normalized spacial score (nSPS) is 10.4. The smallest absolute Gasteiger partial charge is 0.269 e. The molecule has 0 atom stereocenters. The Morgan fingerprint density at radius 3 is 2.26 bits per heavy atom. The Hall–Kier alpha value is -3.14. The number of carbonyl (C=O) groups is 1. The number of aromatic nitrogens is 1. The average Bonchev–Trinajstić information content (AvgIpc) is 2.74. The molecule has 27 heavy (non-hydrogen) atoms. The van der Waals surface area contributed by atoms with Crippen molar-refractivity contribution in [3.63, 3.8) is 0 Å². The van der Waals surface area contributed by atoms with Crippen LogP contribution in [0.5, 0.6) is 0 Å². The summed E-state index contributed by atoms with van der Waals surface area (Å²) in [6.45, 7) is 3.52. The molecule has 0 unspecified atom stereocenters. The fourth-order valence-electron chi connectivity index (χ4n) is 2.85. The van der Waals surface area contributed by atoms with Gasteiger partial charge in [-0.3, -0.25) is 4.79 Å². The van der Waals surface area contributed by atoms with Gasteiger partial charge in [-0.1, -0.05) is 61.9 Å². The summed E-state index contributed by atoms with van der Waals surface area (Å²) in [6, 6.07) is 24.3. The van der Waals surface area contributed by atoms with E-state index in [9.17, 15) is 4.79 Å². The lowest BCUT2D eigenvalue weighted by atomic mass is 10.1. The second-order valence-electron chi connectivity index (χ2n) is 6.42. The van der Waals surface area contributed by atoms with Gasteiger partial charge in [0.2, 0.25) is 0 Å². The average molecular weight is 359 g/mol. The topological polar surface area (TPSA) is 45.2 Å². The monoisotopic (exact) mass is 359 g/mol. The highest BCUT2D eigenvalue weighted by Gasteiger charge is 2.12. The quantitative estimate of drug-likeness (QED) is 0.579. The summed E-state index contributed by atoms with van der Waals surface area (Å²) in [4.78, 5) is 18.8. The Labute approximate surface area is 160 Å². The number of rotatable bonds is 8. The molecule has 0 bridgehead atoms. The summed E-state index contributed by atoms with van der Waals surface area (Å²) >= 11 is 0. The van der Waals surface area contributed by atoms with Gasteiger partial charge in [0.15, 0.2) is 0 Å². The lowest BCUT2D eigenvalue weighted by molar-refractivity contribution is 0.0948. The van der Waals surface area contributed by atoms with Crippen molar-refractivity contribution >= 4 is 17.3 Å². The number of hydrogen-bond donors (Lipinski definition) is 1. The minimum absolute atomic E-state index is 0.121. The molecule has 1 amide bonds. The number of anilines is 2. The van der Waals surface area contributed by atoms with Crippen LogP contribution in [0, 0.1) is 0 Å². The van der Waals surface area contributed by atoms with Gasteiger partial charge in [0, 0.05) is 18.8 Å². The van der Waals surface area contributed by atoms with E-state index in [2.05, 4.69) is 46.4 Å². The molecule has 0 radical (unpaired) electrons. The first-order valence-corrected chi connectivity index (χ1v) is 9.38. The largest absolute Gasteiger partial charge is 0.351 e. The molecule has 0 fully saturated rings. The predicted octanol–water partition coefficient (Wildman–Crippen LogP) is 4.95. The van der Waals surface area contributed by atoms with Gasteiger partial charge >= 0.3 is 0 Å². The van der Waals surface area contributed by atoms with Crippen LogP contribution in [-0.4, -0.2) is 17.4 Å². The Balaban J connectivity index is 1.81. The van der Waals surface area contributed by atoms with Crippen molar-refractivity contribution in [1.29, 1.82) is 0 Å². The number of amides is 1. The molecular weight excluding hydrogens is 334 g/mol. The molecule has 3 rings (SSSR count). The zero-order valence-electron chi connectivity index (χ0n) is 15.6. The van der Waals surface area contributed by atoms with Crippen molar-refractivity contribution in [3.8, 4) is 0 Å². The van der Waals surface area contributed by atoms with E-state index in [1.54, 1.807) is 12.3 Å². The van der Waals surface area contributed by atoms with Crippen molar-refractivity contribution in [2.75, 3.05) is 11.4 Å². The van der Waals surface area contributed by atoms with Crippen molar-refractivity contribution in [1.82, 2.24) is 10.3 Å². The summed E-state index contributed by atoms with van der Waals surface area (Å²) in [5, 5.41) is 2.91. The highest BCUT2D eigenvalue weighted by atomic mass is 16.1. The first kappa shape index (κ1) is 18.6. The van der Waals surface area contributed by atoms with Gasteiger partial charge in [0.05, 0.1) is 11.9 Å². The Morgan fingerprint density at radius 2 is 1.63 bits per heavy atom. The van der Waals surface area contributed by atoms with Gasteiger partial charge < -0.3 is 10.2 Å². The maximum atomic E-state index is 12.2. The first-order valence-electron chi connectivity index (χ1n) is 9.38. The van der Waals surface area contributed by atoms with E-state index < -0.39 is 0 Å². The second kappa shape index (κ2) is 9.53. The van der Waals surface area contributed by atoms with Gasteiger partial charge in [-0.05, 0) is 36.2 Å². The number of pyridine rings is 1. The molecule has 4 heteroatoms. The van der Waals surface area contributed by atoms with Crippen LogP contribution in [0.3, 0.4) is 0 Å². The van der Waals surface area contributed by atoms with Crippen LogP contribution in [0.1, 0.15) is 35.8 Å². The molecule has 0 aliphatic heterocycles. The van der Waals surface area contributed by atoms with Crippen molar-refractivity contribution < 1.29 is 4.79 Å². The van der Waals surface area contributed by atoms with Crippen LogP contribution in [0.4, 0.5) is 11.4 Å². The van der Waals surface area contributed by atoms with E-state index in [1.165, 1.54) is 5.56 Å². The third kappa shape index (κ3) is 5.17. The molecule has 0 saturated heterocycles. The van der Waals surface area contributed by atoms with E-state index >= 15 is 0 Å². The van der Waals surface area contributed by atoms with Gasteiger partial charge in [-0.25, -0.2) is 4.98 Å². The molecule has 138 valence electrons. The van der Waals surface area contributed by atoms with Crippen molar-refractivity contribution in [2.24, 2.45) is 0 Å². The number of unbranched alkanes of at least 4 members (excludes halogenated alkanes) is 1. The molecule has 1 heterocycles. The molecule has 0 aliphatic rings. The molecular formula is C23H25N3O. The van der Waals surface area contributed by atoms with Crippen LogP contribution >= 0.6 is 0 Å². The van der Waals surface area contributed by atoms with Crippen molar-refractivity contribution in [3.05, 3.63) is 90.3 Å². The van der Waals surface area contributed by atoms with Crippen LogP contribution in [0.15, 0.2) is 79.0 Å². The predicted molar refractivity (Wildman–Crippen MR) is 110 cm³/mol. The molecule has 0 aliphatic carbocycles. The van der Waals surface area contributed by atoms with Gasteiger partial charge in [0.1, 0.15) is 5.69 Å². The number of carbonyl (C=O) groups excluding carboxylic acids is 1. The fraction of sp³-hybridized carbons (Fsp3) is 0.217. The molecule has 1 aromatic heterocycles. The Bertz CT molecular complexity index is 833. The number of para-hydroxylation sites is 1. The highest BCUT2D eigenvalue weighted by molar-refractivity contribution is 5.92. The molecule has 3 aromatic rings. The minimum Gasteiger partial charge on any atom is -0.351 e. The number of hydrogen-bond acceptors (Lipinski definition) is 3. The van der Waals surface area contributed by atoms with Gasteiger partial charge in [0.25, 0.3) is 5.91 Å². The summed E-state index contributed by atoms with van der Waals surface area (Å²) in [5.41, 5.74) is 3.70. The summed E-state index contributed by atoms with van der Waals surface area (Å²) in [7, 11) is 0. The second-order valence-corrected chi connectivity index (χ2v) is 6.42. The van der Waals surface area contributed by atoms with E-state index in [4.69, 9.17) is 0 Å². The summed E-state index contributed by atoms with van der Waals surface area (Å²) in [6.07, 6.45) is 3.80. The molecule has 1 N–H and O–H groups in total. The molecule has 2 aromatic carbocycles. The highest BCUT2D eigenvalue weighted by Crippen LogP contribution is 2.26. The van der Waals surface area contributed by atoms with E-state index in [-0.39, 0.29) is 5.91 Å². The SMILES string of the molecule is CCCCNC(=O)c1ccc(N(Cc2ccccc2)c2ccccc2)cn1. The summed E-state index contributed by atoms with van der Waals surface area (Å²) in [5.74, 6) is -0.121. The maximum absolute atomic E-state index is 12.2. The van der Waals surface area contributed by atoms with Gasteiger partial charge in [-0.2, -0.15) is 0 Å². The van der Waals surface area contributed by atoms with E-state index in [1.807, 2.05) is 42.5 Å². The number of benzene rings is 2. The third-order valence-electron chi connectivity index (χ3n) is 4.36. The molecule has 0 spiro atoms. The Kier molecular flexibility index (Phi) is 6.58. The van der Waals surface area contributed by atoms with Crippen LogP contribution in [0.25, 0.3) is 0 Å². The summed E-state index contributed by atoms with van der Waals surface area (Å²) < 4.78 is 0. The van der Waals surface area contributed by atoms with Crippen LogP contribution in [-0.2, 0) is 6.54 Å². The van der Waals surface area contributed by atoms with Crippen LogP contribution in [0.2, 0.25) is 0 Å². The maximum Gasteiger partial charge on any atom is 0.269 e. The lowest BCUT2D eigenvalue weighted by Gasteiger charge is -2.25. The van der Waals surface area contributed by atoms with Crippen LogP contribution < -0.4 is 10.2 Å². The number of nitrogens with one attached hydrogen (secondary N) is 1. The van der Waals surface area contributed by atoms with E-state index in [0.717, 1.165) is 30.8 Å². The Morgan fingerprint density at radius 1 is 0.926 bits per heavy atom. The minimum atomic E-state index is -0.121. The first-order chi connectivity index (χ1) is 13.3.